The zero-order chi connectivity index (χ0) is 23.6. The molecule has 0 unspecified atom stereocenters. The molecule has 0 N–H and O–H groups in total. The first-order chi connectivity index (χ1) is 15.1. The summed E-state index contributed by atoms with van der Waals surface area (Å²) in [5, 5.41) is 11.3. The molecule has 0 aromatic heterocycles. The van der Waals surface area contributed by atoms with Gasteiger partial charge in [0.1, 0.15) is 17.2 Å². The zero-order valence-electron chi connectivity index (χ0n) is 16.7. The molecule has 0 fully saturated rings. The van der Waals surface area contributed by atoms with E-state index in [0.717, 1.165) is 18.2 Å². The molecule has 0 bridgehead atoms. The van der Waals surface area contributed by atoms with Gasteiger partial charge < -0.3 is 9.47 Å². The van der Waals surface area contributed by atoms with Crippen molar-refractivity contribution in [3.8, 4) is 28.4 Å². The van der Waals surface area contributed by atoms with Gasteiger partial charge in [0.05, 0.1) is 28.2 Å². The number of halogens is 4. The summed E-state index contributed by atoms with van der Waals surface area (Å²) < 4.78 is 49.4. The van der Waals surface area contributed by atoms with Crippen molar-refractivity contribution in [2.45, 2.75) is 13.1 Å². The molecular formula is C22H15ClF3NO5. The Kier molecular flexibility index (Phi) is 6.40. The van der Waals surface area contributed by atoms with Gasteiger partial charge in [-0.1, -0.05) is 11.6 Å². The predicted molar refractivity (Wildman–Crippen MR) is 112 cm³/mol. The molecular weight excluding hydrogens is 451 g/mol. The number of alkyl halides is 3. The summed E-state index contributed by atoms with van der Waals surface area (Å²) in [5.74, 6) is 0.417. The molecule has 0 radical (unpaired) electrons. The van der Waals surface area contributed by atoms with Crippen LogP contribution in [0.15, 0.2) is 48.5 Å². The highest BCUT2D eigenvalue weighted by Gasteiger charge is 2.31. The first-order valence-electron chi connectivity index (χ1n) is 9.03. The first-order valence-corrected chi connectivity index (χ1v) is 9.40. The molecule has 0 aliphatic heterocycles. The quantitative estimate of drug-likeness (QED) is 0.226. The molecule has 0 saturated heterocycles. The van der Waals surface area contributed by atoms with Gasteiger partial charge in [0.2, 0.25) is 0 Å². The average molecular weight is 466 g/mol. The summed E-state index contributed by atoms with van der Waals surface area (Å²) in [5.41, 5.74) is -0.206. The average Bonchev–Trinajstić information content (AvgIpc) is 2.73. The number of hydrogen-bond donors (Lipinski definition) is 0. The number of aldehydes is 1. The van der Waals surface area contributed by atoms with Crippen LogP contribution >= 0.6 is 11.6 Å². The van der Waals surface area contributed by atoms with E-state index >= 15 is 0 Å². The highest BCUT2D eigenvalue weighted by atomic mass is 35.5. The fourth-order valence-electron chi connectivity index (χ4n) is 3.22. The second kappa shape index (κ2) is 8.88. The van der Waals surface area contributed by atoms with Crippen LogP contribution in [-0.4, -0.2) is 18.3 Å². The van der Waals surface area contributed by atoms with Crippen LogP contribution in [0.1, 0.15) is 21.5 Å². The smallest absolute Gasteiger partial charge is 0.416 e. The van der Waals surface area contributed by atoms with Crippen LogP contribution in [0.3, 0.4) is 0 Å². The second-order valence-corrected chi connectivity index (χ2v) is 7.06. The Morgan fingerprint density at radius 2 is 1.75 bits per heavy atom. The third-order valence-corrected chi connectivity index (χ3v) is 5.01. The monoisotopic (exact) mass is 465 g/mol. The number of nitro benzene ring substituents is 1. The minimum Gasteiger partial charge on any atom is -0.496 e. The van der Waals surface area contributed by atoms with Crippen molar-refractivity contribution in [2.24, 2.45) is 0 Å². The number of hydrogen-bond acceptors (Lipinski definition) is 5. The molecule has 3 aromatic rings. The fourth-order valence-corrected chi connectivity index (χ4v) is 3.43. The maximum atomic E-state index is 12.9. The molecule has 0 saturated carbocycles. The summed E-state index contributed by atoms with van der Waals surface area (Å²) in [6.07, 6.45) is -4.01. The predicted octanol–water partition coefficient (Wildman–Crippen LogP) is 6.86. The van der Waals surface area contributed by atoms with E-state index in [1.54, 1.807) is 13.0 Å². The van der Waals surface area contributed by atoms with E-state index in [-0.39, 0.29) is 38.9 Å². The van der Waals surface area contributed by atoms with Crippen LogP contribution in [-0.2, 0) is 6.18 Å². The molecule has 0 aliphatic rings. The minimum absolute atomic E-state index is 0.0718. The number of nitrogens with zero attached hydrogens (tertiary/aromatic N) is 1. The van der Waals surface area contributed by atoms with E-state index in [2.05, 4.69) is 0 Å². The Bertz CT molecular complexity index is 1210. The number of carbonyl (C=O) groups excluding carboxylic acids is 1. The summed E-state index contributed by atoms with van der Waals surface area (Å²) in [7, 11) is 1.42. The highest BCUT2D eigenvalue weighted by molar-refractivity contribution is 6.32. The Labute approximate surface area is 185 Å². The third-order valence-electron chi connectivity index (χ3n) is 4.72. The van der Waals surface area contributed by atoms with Crippen LogP contribution in [0.4, 0.5) is 18.9 Å². The fraction of sp³-hybridized carbons (Fsp3) is 0.136. The molecule has 6 nitrogen and oxygen atoms in total. The van der Waals surface area contributed by atoms with Gasteiger partial charge >= 0.3 is 6.18 Å². The highest BCUT2D eigenvalue weighted by Crippen LogP contribution is 2.42. The zero-order valence-corrected chi connectivity index (χ0v) is 17.5. The van der Waals surface area contributed by atoms with E-state index in [1.807, 2.05) is 0 Å². The number of carbonyl (C=O) groups is 1. The van der Waals surface area contributed by atoms with Gasteiger partial charge in [-0.15, -0.1) is 0 Å². The first kappa shape index (κ1) is 23.1. The molecule has 0 heterocycles. The topological polar surface area (TPSA) is 78.7 Å². The van der Waals surface area contributed by atoms with Gasteiger partial charge in [-0.3, -0.25) is 14.9 Å². The van der Waals surface area contributed by atoms with E-state index in [9.17, 15) is 28.1 Å². The molecule has 0 spiro atoms. The van der Waals surface area contributed by atoms with Crippen molar-refractivity contribution in [2.75, 3.05) is 7.11 Å². The van der Waals surface area contributed by atoms with Crippen LogP contribution in [0.25, 0.3) is 11.1 Å². The second-order valence-electron chi connectivity index (χ2n) is 6.66. The molecule has 3 aromatic carbocycles. The largest absolute Gasteiger partial charge is 0.496 e. The van der Waals surface area contributed by atoms with E-state index in [0.29, 0.717) is 17.6 Å². The molecule has 3 rings (SSSR count). The van der Waals surface area contributed by atoms with Gasteiger partial charge in [-0.05, 0) is 55.0 Å². The van der Waals surface area contributed by atoms with Gasteiger partial charge in [-0.2, -0.15) is 13.2 Å². The molecule has 166 valence electrons. The molecule has 32 heavy (non-hydrogen) atoms. The third kappa shape index (κ3) is 4.52. The van der Waals surface area contributed by atoms with E-state index in [1.165, 1.54) is 31.4 Å². The van der Waals surface area contributed by atoms with Crippen LogP contribution in [0, 0.1) is 17.0 Å². The van der Waals surface area contributed by atoms with Gasteiger partial charge in [-0.25, -0.2) is 0 Å². The lowest BCUT2D eigenvalue weighted by molar-refractivity contribution is -0.384. The summed E-state index contributed by atoms with van der Waals surface area (Å²) >= 11 is 5.94. The van der Waals surface area contributed by atoms with E-state index in [4.69, 9.17) is 21.1 Å². The number of rotatable bonds is 6. The van der Waals surface area contributed by atoms with Crippen LogP contribution < -0.4 is 9.47 Å². The van der Waals surface area contributed by atoms with Gasteiger partial charge in [0, 0.05) is 17.2 Å². The maximum Gasteiger partial charge on any atom is 0.416 e. The van der Waals surface area contributed by atoms with Crippen molar-refractivity contribution < 1.29 is 32.4 Å². The number of ether oxygens (including phenoxy) is 2. The van der Waals surface area contributed by atoms with Crippen molar-refractivity contribution in [3.63, 3.8) is 0 Å². The lowest BCUT2D eigenvalue weighted by Gasteiger charge is -2.15. The maximum absolute atomic E-state index is 12.9. The molecule has 0 atom stereocenters. The standard InChI is InChI=1S/C22H15ClF3NO5/c1-12-19(31-2)7-3-13(11-28)21(12)16-10-15(5-6-18(16)27(29)30)32-20-8-4-14(9-17(20)23)22(24,25)26/h3-11H,1-2H3. The normalized spacial score (nSPS) is 11.2. The molecule has 10 heteroatoms. The van der Waals surface area contributed by atoms with Crippen molar-refractivity contribution in [3.05, 3.63) is 80.4 Å². The van der Waals surface area contributed by atoms with Crippen molar-refractivity contribution in [1.82, 2.24) is 0 Å². The van der Waals surface area contributed by atoms with Crippen molar-refractivity contribution >= 4 is 23.6 Å². The van der Waals surface area contributed by atoms with E-state index < -0.39 is 16.7 Å². The van der Waals surface area contributed by atoms with Crippen molar-refractivity contribution in [1.29, 1.82) is 0 Å². The Hall–Kier alpha value is -3.59. The van der Waals surface area contributed by atoms with Crippen LogP contribution in [0.2, 0.25) is 5.02 Å². The Balaban J connectivity index is 2.13. The summed E-state index contributed by atoms with van der Waals surface area (Å²) in [6.45, 7) is 1.64. The Morgan fingerprint density at radius 1 is 1.06 bits per heavy atom. The SMILES string of the molecule is COc1ccc(C=O)c(-c2cc(Oc3ccc(C(F)(F)F)cc3Cl)ccc2[N+](=O)[O-])c1C. The van der Waals surface area contributed by atoms with Gasteiger partial charge in [0.25, 0.3) is 5.69 Å². The lowest BCUT2D eigenvalue weighted by atomic mass is 9.93. The summed E-state index contributed by atoms with van der Waals surface area (Å²) in [4.78, 5) is 22.6. The van der Waals surface area contributed by atoms with Gasteiger partial charge in [0.15, 0.2) is 6.29 Å². The number of benzene rings is 3. The number of methoxy groups -OCH3 is 1. The Morgan fingerprint density at radius 3 is 2.31 bits per heavy atom. The minimum atomic E-state index is -4.57. The lowest BCUT2D eigenvalue weighted by Crippen LogP contribution is -2.04. The van der Waals surface area contributed by atoms with Crippen LogP contribution in [0.5, 0.6) is 17.2 Å². The number of nitro groups is 1. The molecule has 0 amide bonds. The molecule has 0 aliphatic carbocycles. The summed E-state index contributed by atoms with van der Waals surface area (Å²) in [6, 6.07) is 9.40.